The average molecular weight is 428 g/mol. The molecule has 2 aromatic carbocycles. The largest absolute Gasteiger partial charge is 0.478 e. The summed E-state index contributed by atoms with van der Waals surface area (Å²) in [5, 5.41) is 17.2. The number of aromatic carboxylic acids is 1. The zero-order valence-electron chi connectivity index (χ0n) is 14.6. The molecule has 0 aliphatic carbocycles. The van der Waals surface area contributed by atoms with Crippen molar-refractivity contribution in [3.63, 3.8) is 0 Å². The molecule has 138 valence electrons. The molecule has 7 heteroatoms. The van der Waals surface area contributed by atoms with Gasteiger partial charge >= 0.3 is 5.97 Å². The van der Waals surface area contributed by atoms with Crippen LogP contribution in [-0.2, 0) is 10.3 Å². The predicted molar refractivity (Wildman–Crippen MR) is 108 cm³/mol. The number of fused-ring (bicyclic) bond motifs is 1. The van der Waals surface area contributed by atoms with Crippen molar-refractivity contribution in [3.05, 3.63) is 64.3 Å². The van der Waals surface area contributed by atoms with Gasteiger partial charge in [-0.1, -0.05) is 28.1 Å². The molecule has 3 aromatic rings. The molecule has 1 aliphatic rings. The van der Waals surface area contributed by atoms with Crippen LogP contribution in [0.5, 0.6) is 0 Å². The molecule has 1 aliphatic heterocycles. The van der Waals surface area contributed by atoms with Gasteiger partial charge in [-0.3, -0.25) is 4.98 Å². The van der Waals surface area contributed by atoms with E-state index in [0.29, 0.717) is 18.9 Å². The van der Waals surface area contributed by atoms with Crippen molar-refractivity contribution in [2.45, 2.75) is 5.54 Å². The lowest BCUT2D eigenvalue weighted by atomic mass is 9.86. The smallest absolute Gasteiger partial charge is 0.337 e. The van der Waals surface area contributed by atoms with Crippen LogP contribution in [-0.4, -0.2) is 36.3 Å². The molecule has 3 N–H and O–H groups in total. The topological polar surface area (TPSA) is 83.5 Å². The maximum absolute atomic E-state index is 11.6. The Kier molecular flexibility index (Phi) is 4.59. The standard InChI is InChI=1S/C20H18BrN3O3/c1-22-20(10-27-11-20)15-9-23-16-7-6-12(21)8-14(16)18(15)24-17-5-3-2-4-13(17)19(25)26/h2-9,22H,10-11H2,1H3,(H,23,24)(H,25,26). The van der Waals surface area contributed by atoms with Crippen molar-refractivity contribution in [1.29, 1.82) is 0 Å². The molecule has 0 amide bonds. The normalized spacial score (nSPS) is 15.3. The highest BCUT2D eigenvalue weighted by atomic mass is 79.9. The third-order valence-corrected chi connectivity index (χ3v) is 5.43. The molecule has 0 unspecified atom stereocenters. The third-order valence-electron chi connectivity index (χ3n) is 4.94. The van der Waals surface area contributed by atoms with Crippen molar-refractivity contribution < 1.29 is 14.6 Å². The van der Waals surface area contributed by atoms with Crippen LogP contribution in [0.15, 0.2) is 53.1 Å². The number of nitrogens with one attached hydrogen (secondary N) is 2. The fourth-order valence-corrected chi connectivity index (χ4v) is 3.68. The van der Waals surface area contributed by atoms with Gasteiger partial charge in [0.25, 0.3) is 0 Å². The first-order valence-electron chi connectivity index (χ1n) is 8.49. The van der Waals surface area contributed by atoms with Crippen molar-refractivity contribution in [3.8, 4) is 0 Å². The Hall–Kier alpha value is -2.48. The quantitative estimate of drug-likeness (QED) is 0.572. The SMILES string of the molecule is CNC1(c2cnc3ccc(Br)cc3c2Nc2ccccc2C(=O)O)COC1. The number of ether oxygens (including phenoxy) is 1. The lowest BCUT2D eigenvalue weighted by Gasteiger charge is -2.42. The van der Waals surface area contributed by atoms with E-state index in [0.717, 1.165) is 26.6 Å². The van der Waals surface area contributed by atoms with Crippen molar-refractivity contribution >= 4 is 44.2 Å². The highest BCUT2D eigenvalue weighted by Crippen LogP contribution is 2.40. The van der Waals surface area contributed by atoms with E-state index in [9.17, 15) is 9.90 Å². The number of carbonyl (C=O) groups is 1. The molecule has 1 aromatic heterocycles. The van der Waals surface area contributed by atoms with Crippen molar-refractivity contribution in [2.75, 3.05) is 25.6 Å². The Balaban J connectivity index is 1.94. The maximum Gasteiger partial charge on any atom is 0.337 e. The van der Waals surface area contributed by atoms with Gasteiger partial charge in [-0.25, -0.2) is 4.79 Å². The van der Waals surface area contributed by atoms with Gasteiger partial charge < -0.3 is 20.5 Å². The minimum Gasteiger partial charge on any atom is -0.478 e. The fraction of sp³-hybridized carbons (Fsp3) is 0.200. The monoisotopic (exact) mass is 427 g/mol. The van der Waals surface area contributed by atoms with Gasteiger partial charge in [0.15, 0.2) is 0 Å². The lowest BCUT2D eigenvalue weighted by Crippen LogP contribution is -2.56. The summed E-state index contributed by atoms with van der Waals surface area (Å²) in [5.41, 5.74) is 2.99. The van der Waals surface area contributed by atoms with Crippen molar-refractivity contribution in [2.24, 2.45) is 0 Å². The number of hydrogen-bond acceptors (Lipinski definition) is 5. The van der Waals surface area contributed by atoms with Crippen LogP contribution in [0.2, 0.25) is 0 Å². The van der Waals surface area contributed by atoms with E-state index in [1.165, 1.54) is 0 Å². The number of aromatic nitrogens is 1. The zero-order chi connectivity index (χ0) is 19.0. The number of pyridine rings is 1. The van der Waals surface area contributed by atoms with E-state index < -0.39 is 5.97 Å². The minimum absolute atomic E-state index is 0.215. The molecule has 0 bridgehead atoms. The number of likely N-dealkylation sites (N-methyl/N-ethyl adjacent to an activating group) is 1. The molecule has 27 heavy (non-hydrogen) atoms. The van der Waals surface area contributed by atoms with Crippen LogP contribution in [0.4, 0.5) is 11.4 Å². The first kappa shape index (κ1) is 17.9. The summed E-state index contributed by atoms with van der Waals surface area (Å²) in [6, 6.07) is 12.7. The Morgan fingerprint density at radius 1 is 1.26 bits per heavy atom. The Morgan fingerprint density at radius 2 is 2.04 bits per heavy atom. The number of halogens is 1. The molecule has 1 fully saturated rings. The number of benzene rings is 2. The first-order valence-corrected chi connectivity index (χ1v) is 9.28. The van der Waals surface area contributed by atoms with Gasteiger partial charge in [0.05, 0.1) is 41.2 Å². The summed E-state index contributed by atoms with van der Waals surface area (Å²) in [6.45, 7) is 1.06. The number of carboxylic acids is 1. The Bertz CT molecular complexity index is 1030. The second-order valence-electron chi connectivity index (χ2n) is 6.51. The Labute approximate surface area is 164 Å². The van der Waals surface area contributed by atoms with E-state index in [2.05, 4.69) is 31.5 Å². The Morgan fingerprint density at radius 3 is 2.70 bits per heavy atom. The van der Waals surface area contributed by atoms with Gasteiger partial charge in [0.2, 0.25) is 0 Å². The van der Waals surface area contributed by atoms with Crippen LogP contribution < -0.4 is 10.6 Å². The molecule has 4 rings (SSSR count). The first-order chi connectivity index (χ1) is 13.0. The van der Waals surface area contributed by atoms with E-state index in [4.69, 9.17) is 4.74 Å². The second-order valence-corrected chi connectivity index (χ2v) is 7.42. The summed E-state index contributed by atoms with van der Waals surface area (Å²) in [5.74, 6) is -0.977. The third kappa shape index (κ3) is 3.07. The van der Waals surface area contributed by atoms with Crippen LogP contribution in [0.25, 0.3) is 10.9 Å². The molecule has 0 spiro atoms. The molecule has 0 saturated carbocycles. The fourth-order valence-electron chi connectivity index (χ4n) is 3.32. The number of para-hydroxylation sites is 1. The summed E-state index contributed by atoms with van der Waals surface area (Å²) < 4.78 is 6.39. The summed E-state index contributed by atoms with van der Waals surface area (Å²) in [4.78, 5) is 16.2. The minimum atomic E-state index is -0.977. The van der Waals surface area contributed by atoms with Gasteiger partial charge in [-0.2, -0.15) is 0 Å². The van der Waals surface area contributed by atoms with E-state index >= 15 is 0 Å². The molecule has 0 atom stereocenters. The number of carboxylic acid groups (broad SMARTS) is 1. The molecule has 6 nitrogen and oxygen atoms in total. The van der Waals surface area contributed by atoms with Crippen LogP contribution in [0.3, 0.4) is 0 Å². The van der Waals surface area contributed by atoms with Crippen LogP contribution in [0.1, 0.15) is 15.9 Å². The number of rotatable bonds is 5. The molecule has 1 saturated heterocycles. The number of hydrogen-bond donors (Lipinski definition) is 3. The van der Waals surface area contributed by atoms with E-state index in [1.807, 2.05) is 37.5 Å². The summed E-state index contributed by atoms with van der Waals surface area (Å²) in [6.07, 6.45) is 1.83. The molecule has 2 heterocycles. The van der Waals surface area contributed by atoms with Gasteiger partial charge in [-0.05, 0) is 37.4 Å². The predicted octanol–water partition coefficient (Wildman–Crippen LogP) is 3.88. The summed E-state index contributed by atoms with van der Waals surface area (Å²) >= 11 is 3.52. The highest BCUT2D eigenvalue weighted by Gasteiger charge is 2.41. The molecular weight excluding hydrogens is 410 g/mol. The van der Waals surface area contributed by atoms with Crippen LogP contribution >= 0.6 is 15.9 Å². The van der Waals surface area contributed by atoms with Gasteiger partial charge in [0, 0.05) is 21.6 Å². The average Bonchev–Trinajstić information content (AvgIpc) is 2.63. The summed E-state index contributed by atoms with van der Waals surface area (Å²) in [7, 11) is 1.89. The zero-order valence-corrected chi connectivity index (χ0v) is 16.2. The van der Waals surface area contributed by atoms with E-state index in [-0.39, 0.29) is 11.1 Å². The molecular formula is C20H18BrN3O3. The highest BCUT2D eigenvalue weighted by molar-refractivity contribution is 9.10. The number of anilines is 2. The lowest BCUT2D eigenvalue weighted by molar-refractivity contribution is -0.0744. The maximum atomic E-state index is 11.6. The second kappa shape index (κ2) is 6.92. The van der Waals surface area contributed by atoms with Gasteiger partial charge in [-0.15, -0.1) is 0 Å². The van der Waals surface area contributed by atoms with Gasteiger partial charge in [0.1, 0.15) is 0 Å². The van der Waals surface area contributed by atoms with Crippen molar-refractivity contribution in [1.82, 2.24) is 10.3 Å². The van der Waals surface area contributed by atoms with E-state index in [1.54, 1.807) is 18.2 Å². The molecule has 0 radical (unpaired) electrons. The number of nitrogens with zero attached hydrogens (tertiary/aromatic N) is 1. The van der Waals surface area contributed by atoms with Crippen LogP contribution in [0, 0.1) is 0 Å².